The summed E-state index contributed by atoms with van der Waals surface area (Å²) in [5.41, 5.74) is 0. The fourth-order valence-corrected chi connectivity index (χ4v) is 4.37. The van der Waals surface area contributed by atoms with E-state index in [9.17, 15) is 9.46 Å². The van der Waals surface area contributed by atoms with Crippen molar-refractivity contribution in [2.24, 2.45) is 0 Å². The summed E-state index contributed by atoms with van der Waals surface area (Å²) in [6.07, 6.45) is 0. The summed E-state index contributed by atoms with van der Waals surface area (Å²) in [5.74, 6) is 0.857. The maximum absolute atomic E-state index is 12.3. The molecule has 3 aliphatic rings. The van der Waals surface area contributed by atoms with Gasteiger partial charge in [-0.1, -0.05) is 0 Å². The molecule has 0 aromatic carbocycles. The van der Waals surface area contributed by atoms with Crippen molar-refractivity contribution in [3.05, 3.63) is 11.8 Å². The van der Waals surface area contributed by atoms with E-state index in [1.807, 2.05) is 13.8 Å². The summed E-state index contributed by atoms with van der Waals surface area (Å²) < 4.78 is 25.9. The van der Waals surface area contributed by atoms with Gasteiger partial charge in [0.05, 0.1) is 12.1 Å². The zero-order chi connectivity index (χ0) is 10.8. The Hall–Kier alpha value is -0.870. The highest BCUT2D eigenvalue weighted by atomic mass is 31.2. The van der Waals surface area contributed by atoms with Crippen LogP contribution in [0.25, 0.3) is 0 Å². The van der Waals surface area contributed by atoms with Gasteiger partial charge in [0.2, 0.25) is 0 Å². The third kappa shape index (κ3) is 0.961. The van der Waals surface area contributed by atoms with E-state index in [1.54, 1.807) is 0 Å². The van der Waals surface area contributed by atoms with Crippen LogP contribution >= 0.6 is 7.67 Å². The Morgan fingerprint density at radius 3 is 2.00 bits per heavy atom. The van der Waals surface area contributed by atoms with Crippen molar-refractivity contribution >= 4 is 7.67 Å². The molecular formula is C8H13N2O4P. The van der Waals surface area contributed by atoms with Crippen LogP contribution in [0, 0.1) is 0 Å². The molecule has 2 fully saturated rings. The van der Waals surface area contributed by atoms with Crippen molar-refractivity contribution in [3.63, 3.8) is 0 Å². The molecule has 2 saturated heterocycles. The van der Waals surface area contributed by atoms with Crippen LogP contribution in [0.2, 0.25) is 0 Å². The zero-order valence-corrected chi connectivity index (χ0v) is 9.48. The molecule has 0 aromatic heterocycles. The van der Waals surface area contributed by atoms with Crippen molar-refractivity contribution in [2.45, 2.75) is 25.9 Å². The fourth-order valence-electron chi connectivity index (χ4n) is 2.25. The van der Waals surface area contributed by atoms with E-state index in [4.69, 9.17) is 9.47 Å². The summed E-state index contributed by atoms with van der Waals surface area (Å²) in [7, 11) is -3.52. The molecule has 0 radical (unpaired) electrons. The van der Waals surface area contributed by atoms with E-state index in [0.29, 0.717) is 25.0 Å². The lowest BCUT2D eigenvalue weighted by Gasteiger charge is -2.27. The molecule has 0 aromatic rings. The van der Waals surface area contributed by atoms with Gasteiger partial charge in [0, 0.05) is 0 Å². The first-order valence-corrected chi connectivity index (χ1v) is 6.52. The van der Waals surface area contributed by atoms with Gasteiger partial charge in [-0.3, -0.25) is 0 Å². The van der Waals surface area contributed by atoms with Gasteiger partial charge in [0.1, 0.15) is 13.2 Å². The van der Waals surface area contributed by atoms with Gasteiger partial charge in [-0.05, 0) is 13.8 Å². The number of hydrogen-bond donors (Lipinski definition) is 1. The predicted molar refractivity (Wildman–Crippen MR) is 51.4 cm³/mol. The Labute approximate surface area is 87.6 Å². The van der Waals surface area contributed by atoms with Crippen molar-refractivity contribution in [3.8, 4) is 0 Å². The second-order valence-electron chi connectivity index (χ2n) is 4.13. The average Bonchev–Trinajstić information content (AvgIpc) is 2.73. The lowest BCUT2D eigenvalue weighted by Crippen LogP contribution is -2.29. The molecule has 7 heteroatoms. The van der Waals surface area contributed by atoms with Crippen molar-refractivity contribution in [1.82, 2.24) is 9.34 Å². The van der Waals surface area contributed by atoms with E-state index in [1.165, 1.54) is 9.34 Å². The highest BCUT2D eigenvalue weighted by molar-refractivity contribution is 7.53. The smallest absolute Gasteiger partial charge is 0.400 e. The second kappa shape index (κ2) is 2.62. The third-order valence-corrected chi connectivity index (χ3v) is 5.19. The molecular weight excluding hydrogens is 219 g/mol. The largest absolute Gasteiger partial charge is 0.473 e. The minimum atomic E-state index is -3.52. The molecule has 0 spiro atoms. The molecule has 3 aliphatic heterocycles. The van der Waals surface area contributed by atoms with Crippen LogP contribution < -0.4 is 0 Å². The highest BCUT2D eigenvalue weighted by Crippen LogP contribution is 2.64. The molecule has 2 atom stereocenters. The summed E-state index contributed by atoms with van der Waals surface area (Å²) in [5, 5.41) is 0. The van der Waals surface area contributed by atoms with E-state index < -0.39 is 7.67 Å². The van der Waals surface area contributed by atoms with Gasteiger partial charge in [0.25, 0.3) is 11.8 Å². The first kappa shape index (κ1) is 9.36. The van der Waals surface area contributed by atoms with Crippen LogP contribution in [0.5, 0.6) is 0 Å². The zero-order valence-electron chi connectivity index (χ0n) is 8.58. The molecule has 1 N–H and O–H groups in total. The first-order valence-electron chi connectivity index (χ1n) is 4.95. The average molecular weight is 232 g/mol. The quantitative estimate of drug-likeness (QED) is 0.619. The molecule has 3 rings (SSSR count). The van der Waals surface area contributed by atoms with Crippen LogP contribution in [0.15, 0.2) is 11.8 Å². The molecule has 0 bridgehead atoms. The Bertz CT molecular complexity index is 364. The Morgan fingerprint density at radius 1 is 1.20 bits per heavy atom. The summed E-state index contributed by atoms with van der Waals surface area (Å²) in [4.78, 5) is 10.1. The van der Waals surface area contributed by atoms with Gasteiger partial charge in [-0.2, -0.15) is 0 Å². The predicted octanol–water partition coefficient (Wildman–Crippen LogP) is 0.668. The topological polar surface area (TPSA) is 62.2 Å². The van der Waals surface area contributed by atoms with Crippen LogP contribution in [0.1, 0.15) is 13.8 Å². The van der Waals surface area contributed by atoms with Gasteiger partial charge < -0.3 is 14.4 Å². The number of rotatable bonds is 0. The van der Waals surface area contributed by atoms with Crippen LogP contribution in [-0.2, 0) is 14.0 Å². The van der Waals surface area contributed by atoms with E-state index in [0.717, 1.165) is 0 Å². The van der Waals surface area contributed by atoms with Gasteiger partial charge >= 0.3 is 7.67 Å². The van der Waals surface area contributed by atoms with Crippen LogP contribution in [0.3, 0.4) is 0 Å². The van der Waals surface area contributed by atoms with Crippen LogP contribution in [-0.4, -0.2) is 39.5 Å². The molecule has 3 heterocycles. The van der Waals surface area contributed by atoms with Gasteiger partial charge in [0.15, 0.2) is 0 Å². The van der Waals surface area contributed by atoms with Crippen molar-refractivity contribution in [2.75, 3.05) is 13.2 Å². The number of nitrogens with zero attached hydrogens (tertiary/aromatic N) is 2. The van der Waals surface area contributed by atoms with Gasteiger partial charge in [-0.15, -0.1) is 0 Å². The maximum Gasteiger partial charge on any atom is 0.400 e. The van der Waals surface area contributed by atoms with E-state index in [-0.39, 0.29) is 12.1 Å². The molecule has 0 saturated carbocycles. The Balaban J connectivity index is 2.13. The minimum Gasteiger partial charge on any atom is -0.473 e. The molecule has 84 valence electrons. The lowest BCUT2D eigenvalue weighted by atomic mass is 10.4. The molecule has 15 heavy (non-hydrogen) atoms. The van der Waals surface area contributed by atoms with E-state index >= 15 is 0 Å². The number of ether oxygens (including phenoxy) is 2. The number of hydrogen-bond acceptors (Lipinski definition) is 3. The molecule has 0 aliphatic carbocycles. The van der Waals surface area contributed by atoms with Crippen LogP contribution in [0.4, 0.5) is 0 Å². The van der Waals surface area contributed by atoms with E-state index in [2.05, 4.69) is 0 Å². The maximum atomic E-state index is 12.3. The summed E-state index contributed by atoms with van der Waals surface area (Å²) >= 11 is 0. The third-order valence-electron chi connectivity index (χ3n) is 2.92. The highest BCUT2D eigenvalue weighted by Gasteiger charge is 2.58. The molecule has 0 unspecified atom stereocenters. The summed E-state index contributed by atoms with van der Waals surface area (Å²) in [6.45, 7) is 4.61. The lowest BCUT2D eigenvalue weighted by molar-refractivity contribution is 0.190. The fraction of sp³-hybridized carbons (Fsp3) is 0.750. The van der Waals surface area contributed by atoms with Gasteiger partial charge in [-0.25, -0.2) is 13.9 Å². The van der Waals surface area contributed by atoms with Crippen molar-refractivity contribution < 1.29 is 18.9 Å². The van der Waals surface area contributed by atoms with Crippen molar-refractivity contribution in [1.29, 1.82) is 0 Å². The Kier molecular flexibility index (Phi) is 1.64. The first-order chi connectivity index (χ1) is 7.03. The SMILES string of the molecule is C[C@H]1COC2=C3OC[C@H](C)N3P(=O)(O)N21. The second-order valence-corrected chi connectivity index (χ2v) is 6.02. The standard InChI is InChI=1S/C8H13N2O4P/c1-5-3-13-7-8-10(6(2)4-14-8)15(11,12)9(5)7/h5-6H,3-4H2,1-2H3,(H,11,12)/t5-,6-/m0/s1. The Morgan fingerprint density at radius 2 is 1.60 bits per heavy atom. The minimum absolute atomic E-state index is 0.0790. The molecule has 0 amide bonds. The summed E-state index contributed by atoms with van der Waals surface area (Å²) in [6, 6.07) is -0.158. The normalized spacial score (nSPS) is 36.5. The monoisotopic (exact) mass is 232 g/mol. The molecule has 6 nitrogen and oxygen atoms in total. The number of fused-ring (bicyclic) bond motifs is 2.